The molecule has 2 rings (SSSR count). The minimum atomic E-state index is -4.72. The monoisotopic (exact) mass is 385 g/mol. The first-order valence-electron chi connectivity index (χ1n) is 5.37. The predicted octanol–water partition coefficient (Wildman–Crippen LogP) is 5.67. The molecule has 0 atom stereocenters. The number of ether oxygens (including phenoxy) is 1. The van der Waals surface area contributed by atoms with Gasteiger partial charge in [-0.2, -0.15) is 0 Å². The zero-order chi connectivity index (χ0) is 14.8. The minimum absolute atomic E-state index is 0.262. The number of alkyl halides is 3. The summed E-state index contributed by atoms with van der Waals surface area (Å²) in [6.45, 7) is 0.355. The highest BCUT2D eigenvalue weighted by Crippen LogP contribution is 2.34. The van der Waals surface area contributed by atoms with Crippen LogP contribution in [-0.2, 0) is 6.54 Å². The third kappa shape index (κ3) is 4.29. The van der Waals surface area contributed by atoms with E-state index in [1.807, 2.05) is 6.07 Å². The molecule has 8 heteroatoms. The van der Waals surface area contributed by atoms with Crippen LogP contribution in [0.1, 0.15) is 4.88 Å². The highest BCUT2D eigenvalue weighted by molar-refractivity contribution is 9.10. The number of rotatable bonds is 4. The maximum absolute atomic E-state index is 12.3. The van der Waals surface area contributed by atoms with Gasteiger partial charge >= 0.3 is 6.36 Å². The Morgan fingerprint density at radius 1 is 1.30 bits per heavy atom. The Balaban J connectivity index is 2.09. The molecule has 0 aliphatic heterocycles. The van der Waals surface area contributed by atoms with Gasteiger partial charge < -0.3 is 10.1 Å². The number of hydrogen-bond donors (Lipinski definition) is 1. The number of halogens is 5. The molecule has 108 valence electrons. The van der Waals surface area contributed by atoms with Crippen LogP contribution in [0.25, 0.3) is 0 Å². The fourth-order valence-corrected chi connectivity index (χ4v) is 3.22. The molecule has 0 amide bonds. The average molecular weight is 387 g/mol. The summed E-state index contributed by atoms with van der Waals surface area (Å²) in [6, 6.07) is 7.69. The van der Waals surface area contributed by atoms with Crippen LogP contribution in [0.3, 0.4) is 0 Å². The molecule has 0 unspecified atom stereocenters. The summed E-state index contributed by atoms with van der Waals surface area (Å²) in [5, 5.41) is 2.90. The van der Waals surface area contributed by atoms with Crippen LogP contribution >= 0.6 is 38.9 Å². The van der Waals surface area contributed by atoms with Crippen molar-refractivity contribution in [3.8, 4) is 5.75 Å². The molecule has 1 heterocycles. The Bertz CT molecular complexity index is 583. The lowest BCUT2D eigenvalue weighted by atomic mass is 10.3. The van der Waals surface area contributed by atoms with Crippen LogP contribution in [0.5, 0.6) is 5.75 Å². The van der Waals surface area contributed by atoms with Crippen LogP contribution in [0.4, 0.5) is 18.9 Å². The van der Waals surface area contributed by atoms with Gasteiger partial charge in [0.25, 0.3) is 0 Å². The van der Waals surface area contributed by atoms with E-state index >= 15 is 0 Å². The number of thiophene rings is 1. The summed E-state index contributed by atoms with van der Waals surface area (Å²) < 4.78 is 42.1. The largest absolute Gasteiger partial charge is 0.573 e. The molecule has 20 heavy (non-hydrogen) atoms. The van der Waals surface area contributed by atoms with Crippen molar-refractivity contribution in [2.24, 2.45) is 0 Å². The van der Waals surface area contributed by atoms with Crippen molar-refractivity contribution < 1.29 is 17.9 Å². The van der Waals surface area contributed by atoms with E-state index in [4.69, 9.17) is 11.6 Å². The zero-order valence-corrected chi connectivity index (χ0v) is 13.0. The Labute approximate surface area is 130 Å². The van der Waals surface area contributed by atoms with Gasteiger partial charge in [-0.3, -0.25) is 0 Å². The van der Waals surface area contributed by atoms with E-state index in [-0.39, 0.29) is 11.4 Å². The third-order valence-corrected chi connectivity index (χ3v) is 4.74. The molecule has 0 fully saturated rings. The van der Waals surface area contributed by atoms with Crippen molar-refractivity contribution in [1.29, 1.82) is 0 Å². The molecular weight excluding hydrogens is 379 g/mol. The smallest absolute Gasteiger partial charge is 0.404 e. The van der Waals surface area contributed by atoms with Gasteiger partial charge in [0, 0.05) is 15.9 Å². The average Bonchev–Trinajstić information content (AvgIpc) is 2.66. The number of hydrogen-bond acceptors (Lipinski definition) is 3. The summed E-state index contributed by atoms with van der Waals surface area (Å²) in [5.74, 6) is -0.262. The summed E-state index contributed by atoms with van der Waals surface area (Å²) >= 11 is 10.5. The van der Waals surface area contributed by atoms with Crippen molar-refractivity contribution >= 4 is 44.6 Å². The van der Waals surface area contributed by atoms with Crippen molar-refractivity contribution in [2.45, 2.75) is 12.9 Å². The van der Waals surface area contributed by atoms with Gasteiger partial charge in [-0.05, 0) is 34.1 Å². The maximum Gasteiger partial charge on any atom is 0.573 e. The first-order chi connectivity index (χ1) is 9.35. The highest BCUT2D eigenvalue weighted by Gasteiger charge is 2.32. The van der Waals surface area contributed by atoms with E-state index in [0.29, 0.717) is 10.9 Å². The number of benzene rings is 1. The van der Waals surface area contributed by atoms with Crippen LogP contribution in [0, 0.1) is 0 Å². The molecule has 0 saturated carbocycles. The van der Waals surface area contributed by atoms with Crippen LogP contribution < -0.4 is 10.1 Å². The van der Waals surface area contributed by atoms with E-state index < -0.39 is 6.36 Å². The van der Waals surface area contributed by atoms with E-state index in [1.165, 1.54) is 29.5 Å². The Kier molecular flexibility index (Phi) is 4.82. The maximum atomic E-state index is 12.3. The Morgan fingerprint density at radius 2 is 2.00 bits per heavy atom. The standard InChI is InChI=1S/C12H8BrClF3NOS/c13-8-5-7(20-11(8)14)6-18-9-3-1-2-4-10(9)19-12(15,16)17/h1-5,18H,6H2. The van der Waals surface area contributed by atoms with E-state index in [2.05, 4.69) is 26.0 Å². The molecule has 2 aromatic rings. The fourth-order valence-electron chi connectivity index (χ4n) is 1.49. The zero-order valence-electron chi connectivity index (χ0n) is 9.80. The molecular formula is C12H8BrClF3NOS. The number of nitrogens with one attached hydrogen (secondary N) is 1. The van der Waals surface area contributed by atoms with Gasteiger partial charge in [0.05, 0.1) is 5.69 Å². The van der Waals surface area contributed by atoms with Crippen LogP contribution in [0.15, 0.2) is 34.8 Å². The first kappa shape index (κ1) is 15.5. The molecule has 2 nitrogen and oxygen atoms in total. The van der Waals surface area contributed by atoms with E-state index in [1.54, 1.807) is 6.07 Å². The predicted molar refractivity (Wildman–Crippen MR) is 77.5 cm³/mol. The second-order valence-corrected chi connectivity index (χ2v) is 6.33. The van der Waals surface area contributed by atoms with Crippen LogP contribution in [-0.4, -0.2) is 6.36 Å². The molecule has 0 spiro atoms. The van der Waals surface area contributed by atoms with E-state index in [0.717, 1.165) is 9.35 Å². The summed E-state index contributed by atoms with van der Waals surface area (Å²) in [4.78, 5) is 0.892. The lowest BCUT2D eigenvalue weighted by molar-refractivity contribution is -0.274. The highest BCUT2D eigenvalue weighted by atomic mass is 79.9. The quantitative estimate of drug-likeness (QED) is 0.730. The summed E-state index contributed by atoms with van der Waals surface area (Å²) in [6.07, 6.45) is -4.72. The topological polar surface area (TPSA) is 21.3 Å². The number of para-hydroxylation sites is 2. The normalized spacial score (nSPS) is 11.4. The second kappa shape index (κ2) is 6.24. The molecule has 1 aromatic carbocycles. The van der Waals surface area contributed by atoms with Crippen molar-refractivity contribution in [1.82, 2.24) is 0 Å². The van der Waals surface area contributed by atoms with Crippen molar-refractivity contribution in [3.05, 3.63) is 44.0 Å². The van der Waals surface area contributed by atoms with Gasteiger partial charge in [0.1, 0.15) is 4.34 Å². The molecule has 0 saturated heterocycles. The first-order valence-corrected chi connectivity index (χ1v) is 7.36. The van der Waals surface area contributed by atoms with Crippen molar-refractivity contribution in [3.63, 3.8) is 0 Å². The lowest BCUT2D eigenvalue weighted by Gasteiger charge is -2.14. The molecule has 0 bridgehead atoms. The molecule has 1 N–H and O–H groups in total. The van der Waals surface area contributed by atoms with Gasteiger partial charge in [0.15, 0.2) is 5.75 Å². The fraction of sp³-hybridized carbons (Fsp3) is 0.167. The Hall–Kier alpha value is -0.920. The van der Waals surface area contributed by atoms with Gasteiger partial charge in [-0.25, -0.2) is 0 Å². The van der Waals surface area contributed by atoms with Crippen LogP contribution in [0.2, 0.25) is 4.34 Å². The molecule has 0 radical (unpaired) electrons. The van der Waals surface area contributed by atoms with E-state index in [9.17, 15) is 13.2 Å². The molecule has 0 aliphatic carbocycles. The van der Waals surface area contributed by atoms with Gasteiger partial charge in [-0.15, -0.1) is 24.5 Å². The summed E-state index contributed by atoms with van der Waals surface area (Å²) in [7, 11) is 0. The lowest BCUT2D eigenvalue weighted by Crippen LogP contribution is -2.18. The minimum Gasteiger partial charge on any atom is -0.404 e. The SMILES string of the molecule is FC(F)(F)Oc1ccccc1NCc1cc(Br)c(Cl)s1. The van der Waals surface area contributed by atoms with Gasteiger partial charge in [0.2, 0.25) is 0 Å². The number of anilines is 1. The second-order valence-electron chi connectivity index (χ2n) is 3.73. The molecule has 0 aliphatic rings. The van der Waals surface area contributed by atoms with Gasteiger partial charge in [-0.1, -0.05) is 23.7 Å². The Morgan fingerprint density at radius 3 is 2.60 bits per heavy atom. The molecule has 1 aromatic heterocycles. The summed E-state index contributed by atoms with van der Waals surface area (Å²) in [5.41, 5.74) is 0.269. The van der Waals surface area contributed by atoms with Crippen molar-refractivity contribution in [2.75, 3.05) is 5.32 Å². The third-order valence-electron chi connectivity index (χ3n) is 2.26.